The molecule has 3 aliphatic heterocycles. The Bertz CT molecular complexity index is 1940. The maximum Gasteiger partial charge on any atom is 0.338 e. The molecule has 0 saturated carbocycles. The van der Waals surface area contributed by atoms with Crippen molar-refractivity contribution in [2.24, 2.45) is 0 Å². The van der Waals surface area contributed by atoms with Crippen LogP contribution in [0.5, 0.6) is 0 Å². The van der Waals surface area contributed by atoms with Crippen molar-refractivity contribution in [2.75, 3.05) is 14.2 Å². The van der Waals surface area contributed by atoms with E-state index in [-0.39, 0.29) is 24.2 Å². The number of aldehydes is 1. The van der Waals surface area contributed by atoms with Gasteiger partial charge in [-0.1, -0.05) is 13.8 Å². The van der Waals surface area contributed by atoms with Crippen molar-refractivity contribution >= 4 is 63.2 Å². The van der Waals surface area contributed by atoms with Crippen LogP contribution in [0, 0.1) is 6.92 Å². The molecule has 2 aromatic heterocycles. The summed E-state index contributed by atoms with van der Waals surface area (Å²) in [6, 6.07) is 5.92. The first kappa shape index (κ1) is 29.3. The average molecular weight is 593 g/mol. The molecule has 0 radical (unpaired) electrons. The molecule has 0 aromatic carbocycles. The minimum absolute atomic E-state index is 0.0562. The van der Waals surface area contributed by atoms with Gasteiger partial charge in [-0.3, -0.25) is 9.59 Å². The Morgan fingerprint density at radius 2 is 1.68 bits per heavy atom. The summed E-state index contributed by atoms with van der Waals surface area (Å²) in [5.74, 6) is -0.931. The lowest BCUT2D eigenvalue weighted by Gasteiger charge is -2.18. The molecule has 2 atom stereocenters. The normalized spacial score (nSPS) is 17.9. The zero-order valence-electron chi connectivity index (χ0n) is 26.1. The number of allylic oxidation sites excluding steroid dienone is 4. The van der Waals surface area contributed by atoms with Crippen LogP contribution < -0.4 is 0 Å². The van der Waals surface area contributed by atoms with Gasteiger partial charge in [0, 0.05) is 51.9 Å². The van der Waals surface area contributed by atoms with E-state index in [0.717, 1.165) is 79.9 Å². The lowest BCUT2D eigenvalue weighted by atomic mass is 9.85. The molecule has 226 valence electrons. The maximum absolute atomic E-state index is 13.2. The fraction of sp³-hybridized carbons (Fsp3) is 0.343. The standard InChI is InChI=1S/C35H36N4O5/c1-8-20-16(2)26-13-30-24(15-40)19(5)25(37-30)12-27-17(3)21(9-10-31(41)43-6)33(38-27)32-23(35(42)44-7)11-22-18(4)28(39-34(22)32)14-29(20)36-26/h11-15,17,21,38-39H,8-10H2,1-7H3/t17-,21-/m0/s1. The number of carbonyl (C=O) groups is 3. The van der Waals surface area contributed by atoms with E-state index in [1.165, 1.54) is 14.2 Å². The first-order chi connectivity index (χ1) is 21.1. The Morgan fingerprint density at radius 3 is 2.36 bits per heavy atom. The SMILES string of the molecule is CCC1=C(C)c2cc3nc(cc4[nH]c(c5c6[nH]c(cc1n2)c(C)c6C=C5C(=O)OC)[C@@H](CCC(=O)OC)[C@@H]4C)C(C)=C3C=O. The van der Waals surface area contributed by atoms with Crippen molar-refractivity contribution in [1.82, 2.24) is 19.9 Å². The monoisotopic (exact) mass is 592 g/mol. The summed E-state index contributed by atoms with van der Waals surface area (Å²) in [6.07, 6.45) is 4.25. The zero-order valence-corrected chi connectivity index (χ0v) is 26.1. The second-order valence-corrected chi connectivity index (χ2v) is 11.7. The van der Waals surface area contributed by atoms with Crippen molar-refractivity contribution < 1.29 is 23.9 Å². The first-order valence-electron chi connectivity index (χ1n) is 14.9. The molecule has 6 rings (SSSR count). The van der Waals surface area contributed by atoms with Crippen LogP contribution in [-0.4, -0.2) is 52.4 Å². The maximum atomic E-state index is 13.2. The number of carbonyl (C=O) groups excluding carboxylic acids is 3. The molecule has 2 aromatic rings. The topological polar surface area (TPSA) is 127 Å². The number of nitrogens with one attached hydrogen (secondary N) is 2. The van der Waals surface area contributed by atoms with E-state index < -0.39 is 5.97 Å². The molecule has 2 N–H and O–H groups in total. The number of aromatic amines is 2. The van der Waals surface area contributed by atoms with E-state index in [1.807, 2.05) is 32.1 Å². The highest BCUT2D eigenvalue weighted by atomic mass is 16.5. The smallest absolute Gasteiger partial charge is 0.338 e. The van der Waals surface area contributed by atoms with E-state index in [0.29, 0.717) is 29.0 Å². The van der Waals surface area contributed by atoms with Crippen molar-refractivity contribution in [3.63, 3.8) is 0 Å². The van der Waals surface area contributed by atoms with Crippen LogP contribution in [0.1, 0.15) is 110 Å². The van der Waals surface area contributed by atoms with E-state index in [4.69, 9.17) is 19.4 Å². The van der Waals surface area contributed by atoms with E-state index in [1.54, 1.807) is 0 Å². The van der Waals surface area contributed by atoms with Gasteiger partial charge in [0.25, 0.3) is 0 Å². The molecular weight excluding hydrogens is 556 g/mol. The Hall–Kier alpha value is -4.79. The number of aryl methyl sites for hydroxylation is 1. The number of H-pyrrole nitrogens is 2. The number of fused-ring (bicyclic) bond motifs is 8. The van der Waals surface area contributed by atoms with Crippen molar-refractivity contribution in [3.05, 3.63) is 69.1 Å². The second-order valence-electron chi connectivity index (χ2n) is 11.7. The molecule has 0 spiro atoms. The van der Waals surface area contributed by atoms with Crippen LogP contribution in [-0.2, 0) is 23.9 Å². The van der Waals surface area contributed by atoms with Crippen LogP contribution in [0.3, 0.4) is 0 Å². The second kappa shape index (κ2) is 11.0. The first-order valence-corrected chi connectivity index (χ1v) is 14.9. The largest absolute Gasteiger partial charge is 0.469 e. The Morgan fingerprint density at radius 1 is 0.955 bits per heavy atom. The summed E-state index contributed by atoms with van der Waals surface area (Å²) < 4.78 is 10.2. The van der Waals surface area contributed by atoms with E-state index in [9.17, 15) is 14.4 Å². The summed E-state index contributed by atoms with van der Waals surface area (Å²) in [5, 5.41) is 0. The van der Waals surface area contributed by atoms with Gasteiger partial charge >= 0.3 is 11.9 Å². The van der Waals surface area contributed by atoms with Crippen molar-refractivity contribution in [2.45, 2.75) is 65.7 Å². The molecule has 4 aliphatic rings. The quantitative estimate of drug-likeness (QED) is 0.283. The van der Waals surface area contributed by atoms with Crippen LogP contribution >= 0.6 is 0 Å². The molecular formula is C35H36N4O5. The molecule has 1 aliphatic carbocycles. The number of ether oxygens (including phenoxy) is 2. The number of nitrogens with zero attached hydrogens (tertiary/aromatic N) is 2. The number of aromatic nitrogens is 4. The highest BCUT2D eigenvalue weighted by molar-refractivity contribution is 6.28. The predicted molar refractivity (Wildman–Crippen MR) is 171 cm³/mol. The molecule has 0 amide bonds. The summed E-state index contributed by atoms with van der Waals surface area (Å²) in [4.78, 5) is 54.9. The molecule has 0 saturated heterocycles. The number of rotatable bonds is 6. The van der Waals surface area contributed by atoms with Crippen LogP contribution in [0.25, 0.3) is 45.0 Å². The number of methoxy groups -OCH3 is 2. The third-order valence-electron chi connectivity index (χ3n) is 9.46. The van der Waals surface area contributed by atoms with Crippen LogP contribution in [0.15, 0.2) is 18.2 Å². The van der Waals surface area contributed by atoms with Gasteiger partial charge in [-0.15, -0.1) is 0 Å². The lowest BCUT2D eigenvalue weighted by molar-refractivity contribution is -0.140. The van der Waals surface area contributed by atoms with Crippen molar-refractivity contribution in [3.8, 4) is 0 Å². The molecule has 8 bridgehead atoms. The predicted octanol–water partition coefficient (Wildman–Crippen LogP) is 6.68. The highest BCUT2D eigenvalue weighted by Crippen LogP contribution is 2.47. The van der Waals surface area contributed by atoms with Gasteiger partial charge in [-0.2, -0.15) is 0 Å². The third kappa shape index (κ3) is 4.49. The number of esters is 2. The Balaban J connectivity index is 1.76. The van der Waals surface area contributed by atoms with Gasteiger partial charge in [0.05, 0.1) is 48.1 Å². The van der Waals surface area contributed by atoms with Gasteiger partial charge in [0.1, 0.15) is 0 Å². The highest BCUT2D eigenvalue weighted by Gasteiger charge is 2.36. The molecule has 44 heavy (non-hydrogen) atoms. The summed E-state index contributed by atoms with van der Waals surface area (Å²) in [7, 11) is 2.76. The summed E-state index contributed by atoms with van der Waals surface area (Å²) in [5.41, 5.74) is 12.9. The lowest BCUT2D eigenvalue weighted by Crippen LogP contribution is -2.10. The number of hydrogen-bond donors (Lipinski definition) is 2. The molecule has 5 heterocycles. The molecule has 9 heteroatoms. The molecule has 9 nitrogen and oxygen atoms in total. The number of hydrogen-bond acceptors (Lipinski definition) is 7. The van der Waals surface area contributed by atoms with Gasteiger partial charge in [0.2, 0.25) is 0 Å². The fourth-order valence-electron chi connectivity index (χ4n) is 6.82. The van der Waals surface area contributed by atoms with Crippen LogP contribution in [0.2, 0.25) is 0 Å². The minimum atomic E-state index is -0.439. The average Bonchev–Trinajstić information content (AvgIpc) is 3.77. The Labute approximate surface area is 255 Å². The fourth-order valence-corrected chi connectivity index (χ4v) is 6.82. The zero-order chi connectivity index (χ0) is 31.4. The third-order valence-corrected chi connectivity index (χ3v) is 9.46. The van der Waals surface area contributed by atoms with Gasteiger partial charge < -0.3 is 19.4 Å². The molecule has 0 unspecified atom stereocenters. The minimum Gasteiger partial charge on any atom is -0.469 e. The Kier molecular flexibility index (Phi) is 7.35. The van der Waals surface area contributed by atoms with Gasteiger partial charge in [-0.25, -0.2) is 14.8 Å². The summed E-state index contributed by atoms with van der Waals surface area (Å²) >= 11 is 0. The van der Waals surface area contributed by atoms with Crippen molar-refractivity contribution in [1.29, 1.82) is 0 Å². The van der Waals surface area contributed by atoms with Crippen LogP contribution in [0.4, 0.5) is 0 Å². The summed E-state index contributed by atoms with van der Waals surface area (Å²) in [6.45, 7) is 10.2. The van der Waals surface area contributed by atoms with E-state index >= 15 is 0 Å². The van der Waals surface area contributed by atoms with Gasteiger partial charge in [-0.05, 0) is 80.2 Å². The molecule has 0 fully saturated rings. The van der Waals surface area contributed by atoms with Gasteiger partial charge in [0.15, 0.2) is 6.29 Å². The van der Waals surface area contributed by atoms with E-state index in [2.05, 4.69) is 36.8 Å².